The first kappa shape index (κ1) is 26.8. The van der Waals surface area contributed by atoms with E-state index in [0.717, 1.165) is 87.7 Å². The second-order valence-corrected chi connectivity index (χ2v) is 11.3. The van der Waals surface area contributed by atoms with Crippen molar-refractivity contribution in [2.24, 2.45) is 0 Å². The summed E-state index contributed by atoms with van der Waals surface area (Å²) in [5, 5.41) is 23.0. The number of carbonyl (C=O) groups excluding carboxylic acids is 1. The van der Waals surface area contributed by atoms with Crippen molar-refractivity contribution in [2.45, 2.75) is 75.5 Å². The first-order valence-electron chi connectivity index (χ1n) is 14.1. The van der Waals surface area contributed by atoms with Gasteiger partial charge in [0.15, 0.2) is 0 Å². The molecule has 2 N–H and O–H groups in total. The summed E-state index contributed by atoms with van der Waals surface area (Å²) < 4.78 is 13.7. The molecule has 2 aliphatic heterocycles. The lowest BCUT2D eigenvalue weighted by molar-refractivity contribution is 0.0234. The van der Waals surface area contributed by atoms with Gasteiger partial charge in [-0.2, -0.15) is 5.26 Å². The van der Waals surface area contributed by atoms with Gasteiger partial charge in [0.2, 0.25) is 0 Å². The number of carbonyl (C=O) groups is 1. The number of rotatable bonds is 8. The van der Waals surface area contributed by atoms with Gasteiger partial charge in [0.1, 0.15) is 5.82 Å². The molecule has 1 amide bonds. The molecule has 7 heteroatoms. The van der Waals surface area contributed by atoms with Crippen LogP contribution in [0.5, 0.6) is 0 Å². The van der Waals surface area contributed by atoms with Crippen LogP contribution in [0.15, 0.2) is 36.4 Å². The first-order valence-corrected chi connectivity index (χ1v) is 14.1. The number of nitrogens with zero attached hydrogens (tertiary/aromatic N) is 3. The molecule has 2 unspecified atom stereocenters. The van der Waals surface area contributed by atoms with Gasteiger partial charge in [-0.25, -0.2) is 4.39 Å². The molecule has 0 bridgehead atoms. The van der Waals surface area contributed by atoms with E-state index >= 15 is 0 Å². The molecule has 0 saturated carbocycles. The van der Waals surface area contributed by atoms with Crippen LogP contribution in [0.2, 0.25) is 0 Å². The number of aryl methyl sites for hydroxylation is 1. The minimum Gasteiger partial charge on any atom is -0.393 e. The van der Waals surface area contributed by atoms with Crippen LogP contribution in [0.25, 0.3) is 0 Å². The Morgan fingerprint density at radius 1 is 1.21 bits per heavy atom. The lowest BCUT2D eigenvalue weighted by atomic mass is 9.85. The van der Waals surface area contributed by atoms with Gasteiger partial charge in [-0.05, 0) is 92.3 Å². The molecule has 2 saturated heterocycles. The quantitative estimate of drug-likeness (QED) is 0.552. The van der Waals surface area contributed by atoms with Crippen molar-refractivity contribution < 1.29 is 14.3 Å². The minimum atomic E-state index is -0.259. The third-order valence-corrected chi connectivity index (χ3v) is 8.85. The third-order valence-electron chi connectivity index (χ3n) is 8.85. The molecule has 6 nitrogen and oxygen atoms in total. The number of piperidine rings is 1. The number of likely N-dealkylation sites (N-methyl/N-ethyl adjacent to an activating group) is 1. The molecule has 5 rings (SSSR count). The van der Waals surface area contributed by atoms with Gasteiger partial charge in [0.25, 0.3) is 5.91 Å². The second-order valence-electron chi connectivity index (χ2n) is 11.3. The van der Waals surface area contributed by atoms with E-state index in [4.69, 9.17) is 0 Å². The summed E-state index contributed by atoms with van der Waals surface area (Å²) in [6.45, 7) is 3.38. The van der Waals surface area contributed by atoms with Crippen molar-refractivity contribution in [2.75, 3.05) is 33.2 Å². The highest BCUT2D eigenvalue weighted by molar-refractivity contribution is 5.96. The highest BCUT2D eigenvalue weighted by Crippen LogP contribution is 2.30. The predicted octanol–water partition coefficient (Wildman–Crippen LogP) is 4.01. The van der Waals surface area contributed by atoms with Crippen LogP contribution in [0, 0.1) is 17.1 Å². The first-order chi connectivity index (χ1) is 18.4. The highest BCUT2D eigenvalue weighted by Gasteiger charge is 2.37. The van der Waals surface area contributed by atoms with Gasteiger partial charge >= 0.3 is 0 Å². The molecule has 2 fully saturated rings. The summed E-state index contributed by atoms with van der Waals surface area (Å²) in [5.41, 5.74) is 4.47. The minimum absolute atomic E-state index is 0.0427. The maximum atomic E-state index is 13.7. The normalized spacial score (nSPS) is 22.7. The molecule has 3 atom stereocenters. The monoisotopic (exact) mass is 518 g/mol. The van der Waals surface area contributed by atoms with E-state index < -0.39 is 0 Å². The fraction of sp³-hybridized carbons (Fsp3) is 0.548. The van der Waals surface area contributed by atoms with Gasteiger partial charge in [-0.1, -0.05) is 12.1 Å². The van der Waals surface area contributed by atoms with Gasteiger partial charge in [0.05, 0.1) is 17.7 Å². The molecule has 2 aromatic rings. The van der Waals surface area contributed by atoms with E-state index in [9.17, 15) is 19.6 Å². The zero-order chi connectivity index (χ0) is 26.6. The number of hydrogen-bond acceptors (Lipinski definition) is 5. The van der Waals surface area contributed by atoms with Crippen LogP contribution >= 0.6 is 0 Å². The Labute approximate surface area is 225 Å². The number of aliphatic hydroxyl groups is 1. The number of nitrogens with one attached hydrogen (secondary N) is 1. The number of hydrogen-bond donors (Lipinski definition) is 2. The van der Waals surface area contributed by atoms with E-state index in [1.165, 1.54) is 12.1 Å². The van der Waals surface area contributed by atoms with E-state index in [-0.39, 0.29) is 23.7 Å². The summed E-state index contributed by atoms with van der Waals surface area (Å²) >= 11 is 0. The fourth-order valence-electron chi connectivity index (χ4n) is 6.51. The maximum Gasteiger partial charge on any atom is 0.253 e. The number of halogens is 1. The van der Waals surface area contributed by atoms with Crippen molar-refractivity contribution in [3.63, 3.8) is 0 Å². The molecule has 0 radical (unpaired) electrons. The largest absolute Gasteiger partial charge is 0.393 e. The zero-order valence-corrected chi connectivity index (χ0v) is 22.3. The van der Waals surface area contributed by atoms with Crippen LogP contribution in [0.1, 0.15) is 77.1 Å². The summed E-state index contributed by atoms with van der Waals surface area (Å²) in [7, 11) is 1.84. The van der Waals surface area contributed by atoms with Gasteiger partial charge in [-0.15, -0.1) is 0 Å². The summed E-state index contributed by atoms with van der Waals surface area (Å²) in [6.07, 6.45) is 7.29. The lowest BCUT2D eigenvalue weighted by Crippen LogP contribution is -2.66. The van der Waals surface area contributed by atoms with Gasteiger partial charge in [-0.3, -0.25) is 9.69 Å². The van der Waals surface area contributed by atoms with Crippen LogP contribution in [-0.2, 0) is 12.8 Å². The van der Waals surface area contributed by atoms with E-state index in [2.05, 4.69) is 16.3 Å². The van der Waals surface area contributed by atoms with Crippen molar-refractivity contribution in [1.82, 2.24) is 15.1 Å². The molecular formula is C31H39FN4O2. The van der Waals surface area contributed by atoms with Crippen molar-refractivity contribution >= 4 is 5.91 Å². The molecule has 38 heavy (non-hydrogen) atoms. The number of likely N-dealkylation sites (tertiary alicyclic amines) is 1. The van der Waals surface area contributed by atoms with E-state index in [0.29, 0.717) is 29.8 Å². The summed E-state index contributed by atoms with van der Waals surface area (Å²) in [4.78, 5) is 18.0. The Bertz CT molecular complexity index is 1170. The molecular weight excluding hydrogens is 479 g/mol. The topological polar surface area (TPSA) is 79.6 Å². The van der Waals surface area contributed by atoms with Crippen molar-refractivity contribution in [3.8, 4) is 6.07 Å². The summed E-state index contributed by atoms with van der Waals surface area (Å²) in [5.74, 6) is -0.227. The van der Waals surface area contributed by atoms with Crippen LogP contribution in [-0.4, -0.2) is 72.2 Å². The fourth-order valence-corrected chi connectivity index (χ4v) is 6.51. The Morgan fingerprint density at radius 2 is 1.95 bits per heavy atom. The third kappa shape index (κ3) is 5.93. The molecule has 0 spiro atoms. The van der Waals surface area contributed by atoms with Crippen LogP contribution in [0.3, 0.4) is 0 Å². The number of benzene rings is 2. The van der Waals surface area contributed by atoms with Crippen molar-refractivity contribution in [1.29, 1.82) is 5.26 Å². The number of amides is 1. The Hall–Kier alpha value is -2.79. The SMILES string of the molecule is CN(C[C@@H](CCC1NCC1N1CCC(O)CC1)c1ccc(F)cc1)C(=O)c1cc(C#N)cc2c1CCCC2. The lowest BCUT2D eigenvalue weighted by Gasteiger charge is -2.47. The molecule has 3 aliphatic rings. The molecule has 2 heterocycles. The van der Waals surface area contributed by atoms with Gasteiger partial charge in [0, 0.05) is 56.8 Å². The molecule has 1 aliphatic carbocycles. The zero-order valence-electron chi connectivity index (χ0n) is 22.3. The van der Waals surface area contributed by atoms with E-state index in [1.54, 1.807) is 11.0 Å². The average Bonchev–Trinajstić information content (AvgIpc) is 2.92. The van der Waals surface area contributed by atoms with Crippen LogP contribution < -0.4 is 5.32 Å². The summed E-state index contributed by atoms with van der Waals surface area (Å²) in [6, 6.07) is 13.5. The highest BCUT2D eigenvalue weighted by atomic mass is 19.1. The Morgan fingerprint density at radius 3 is 2.63 bits per heavy atom. The van der Waals surface area contributed by atoms with Gasteiger partial charge < -0.3 is 15.3 Å². The Kier molecular flexibility index (Phi) is 8.42. The molecule has 202 valence electrons. The molecule has 0 aromatic heterocycles. The van der Waals surface area contributed by atoms with Crippen molar-refractivity contribution in [3.05, 3.63) is 70.0 Å². The van der Waals surface area contributed by atoms with E-state index in [1.807, 2.05) is 25.2 Å². The smallest absolute Gasteiger partial charge is 0.253 e. The number of fused-ring (bicyclic) bond motifs is 1. The van der Waals surface area contributed by atoms with Crippen LogP contribution in [0.4, 0.5) is 4.39 Å². The predicted molar refractivity (Wildman–Crippen MR) is 146 cm³/mol. The molecule has 2 aromatic carbocycles. The second kappa shape index (κ2) is 11.9. The standard InChI is InChI=1S/C31H39FN4O2/c1-35(31(38)28-17-21(18-33)16-23-4-2-3-5-27(23)28)20-24(22-6-9-25(32)10-7-22)8-11-29-30(19-34-29)36-14-12-26(37)13-15-36/h6-7,9-10,16-17,24,26,29-30,34,37H,2-5,8,11-15,19-20H2,1H3/t24-,29?,30?/m1/s1. The number of aliphatic hydroxyl groups excluding tert-OH is 1. The average molecular weight is 519 g/mol. The number of nitriles is 1. The Balaban J connectivity index is 1.30. The maximum absolute atomic E-state index is 13.7.